The van der Waals surface area contributed by atoms with E-state index in [2.05, 4.69) is 12.2 Å². The quantitative estimate of drug-likeness (QED) is 0.736. The Kier molecular flexibility index (Phi) is 5.71. The maximum Gasteiger partial charge on any atom is 0.0246 e. The normalized spacial score (nSPS) is 22.4. The number of nitrogens with one attached hydrogen (secondary N) is 1. The second-order valence-electron chi connectivity index (χ2n) is 4.53. The number of rotatable bonds is 6. The molecular formula is C11H23NOS. The van der Waals surface area contributed by atoms with Gasteiger partial charge in [-0.15, -0.1) is 0 Å². The van der Waals surface area contributed by atoms with Crippen LogP contribution in [0.5, 0.6) is 0 Å². The summed E-state index contributed by atoms with van der Waals surface area (Å²) in [5.41, 5.74) is 0. The Morgan fingerprint density at radius 3 is 2.64 bits per heavy atom. The predicted molar refractivity (Wildman–Crippen MR) is 63.0 cm³/mol. The Hall–Kier alpha value is 0.110. The van der Waals surface area contributed by atoms with Crippen molar-refractivity contribution in [2.24, 2.45) is 5.92 Å². The molecule has 0 amide bonds. The summed E-state index contributed by atoms with van der Waals surface area (Å²) >= 11 is 0. The lowest BCUT2D eigenvalue weighted by Crippen LogP contribution is -2.31. The van der Waals surface area contributed by atoms with Crippen molar-refractivity contribution in [3.63, 3.8) is 0 Å². The Balaban J connectivity index is 2.02. The van der Waals surface area contributed by atoms with Crippen LogP contribution >= 0.6 is 0 Å². The van der Waals surface area contributed by atoms with Gasteiger partial charge in [0.15, 0.2) is 0 Å². The van der Waals surface area contributed by atoms with Crippen molar-refractivity contribution >= 4 is 10.8 Å². The van der Waals surface area contributed by atoms with Gasteiger partial charge in [-0.05, 0) is 38.6 Å². The molecule has 2 nitrogen and oxygen atoms in total. The molecule has 2 atom stereocenters. The average Bonchev–Trinajstić information content (AvgIpc) is 2.63. The first kappa shape index (κ1) is 12.2. The predicted octanol–water partition coefficient (Wildman–Crippen LogP) is 1.92. The van der Waals surface area contributed by atoms with E-state index < -0.39 is 10.8 Å². The zero-order valence-electron chi connectivity index (χ0n) is 9.42. The van der Waals surface area contributed by atoms with E-state index in [4.69, 9.17) is 0 Å². The highest BCUT2D eigenvalue weighted by atomic mass is 32.2. The topological polar surface area (TPSA) is 29.1 Å². The fourth-order valence-electron chi connectivity index (χ4n) is 2.03. The van der Waals surface area contributed by atoms with E-state index in [-0.39, 0.29) is 0 Å². The molecule has 1 aliphatic rings. The summed E-state index contributed by atoms with van der Waals surface area (Å²) in [7, 11) is -0.632. The SMILES string of the molecule is CC(CCS(C)=O)NCC1CCCC1. The zero-order valence-corrected chi connectivity index (χ0v) is 10.2. The van der Waals surface area contributed by atoms with E-state index in [9.17, 15) is 4.21 Å². The molecule has 14 heavy (non-hydrogen) atoms. The summed E-state index contributed by atoms with van der Waals surface area (Å²) in [5.74, 6) is 1.74. The molecule has 1 rings (SSSR count). The molecule has 0 radical (unpaired) electrons. The first-order valence-electron chi connectivity index (χ1n) is 5.72. The molecule has 1 N–H and O–H groups in total. The second-order valence-corrected chi connectivity index (χ2v) is 6.08. The van der Waals surface area contributed by atoms with Gasteiger partial charge in [0.05, 0.1) is 0 Å². The van der Waals surface area contributed by atoms with Crippen LogP contribution < -0.4 is 5.32 Å². The third-order valence-corrected chi connectivity index (χ3v) is 3.88. The van der Waals surface area contributed by atoms with Crippen LogP contribution in [0.4, 0.5) is 0 Å². The molecule has 84 valence electrons. The van der Waals surface area contributed by atoms with Crippen molar-refractivity contribution in [2.75, 3.05) is 18.6 Å². The maximum absolute atomic E-state index is 10.9. The van der Waals surface area contributed by atoms with E-state index in [0.717, 1.165) is 24.6 Å². The van der Waals surface area contributed by atoms with Crippen LogP contribution in [0.3, 0.4) is 0 Å². The van der Waals surface area contributed by atoms with Gasteiger partial charge in [0.2, 0.25) is 0 Å². The summed E-state index contributed by atoms with van der Waals surface area (Å²) in [5, 5.41) is 3.55. The summed E-state index contributed by atoms with van der Waals surface area (Å²) in [6.45, 7) is 3.36. The molecule has 0 bridgehead atoms. The van der Waals surface area contributed by atoms with Crippen LogP contribution in [0.25, 0.3) is 0 Å². The van der Waals surface area contributed by atoms with Crippen molar-refractivity contribution in [2.45, 2.75) is 45.1 Å². The highest BCUT2D eigenvalue weighted by Crippen LogP contribution is 2.23. The fourth-order valence-corrected chi connectivity index (χ4v) is 2.71. The van der Waals surface area contributed by atoms with Crippen LogP contribution in [0.15, 0.2) is 0 Å². The molecule has 0 saturated heterocycles. The molecule has 1 saturated carbocycles. The van der Waals surface area contributed by atoms with Crippen LogP contribution in [0.2, 0.25) is 0 Å². The lowest BCUT2D eigenvalue weighted by molar-refractivity contribution is 0.440. The highest BCUT2D eigenvalue weighted by molar-refractivity contribution is 7.84. The summed E-state index contributed by atoms with van der Waals surface area (Å²) in [6, 6.07) is 0.527. The van der Waals surface area contributed by atoms with E-state index in [0.29, 0.717) is 6.04 Å². The van der Waals surface area contributed by atoms with Crippen molar-refractivity contribution in [1.29, 1.82) is 0 Å². The summed E-state index contributed by atoms with van der Waals surface area (Å²) < 4.78 is 10.9. The van der Waals surface area contributed by atoms with E-state index in [1.54, 1.807) is 6.26 Å². The molecule has 1 aliphatic carbocycles. The van der Waals surface area contributed by atoms with Crippen molar-refractivity contribution in [3.05, 3.63) is 0 Å². The molecule has 0 aromatic heterocycles. The molecular weight excluding hydrogens is 194 g/mol. The fraction of sp³-hybridized carbons (Fsp3) is 1.00. The smallest absolute Gasteiger partial charge is 0.0246 e. The van der Waals surface area contributed by atoms with Crippen LogP contribution in [0, 0.1) is 5.92 Å². The Morgan fingerprint density at radius 1 is 1.43 bits per heavy atom. The van der Waals surface area contributed by atoms with Gasteiger partial charge in [0.1, 0.15) is 0 Å². The molecule has 2 unspecified atom stereocenters. The van der Waals surface area contributed by atoms with Gasteiger partial charge >= 0.3 is 0 Å². The van der Waals surface area contributed by atoms with Gasteiger partial charge in [-0.3, -0.25) is 4.21 Å². The molecule has 0 aromatic carbocycles. The van der Waals surface area contributed by atoms with Gasteiger partial charge in [0, 0.05) is 28.9 Å². The van der Waals surface area contributed by atoms with Crippen molar-refractivity contribution in [1.82, 2.24) is 5.32 Å². The maximum atomic E-state index is 10.9. The lowest BCUT2D eigenvalue weighted by Gasteiger charge is -2.16. The van der Waals surface area contributed by atoms with Gasteiger partial charge in [0.25, 0.3) is 0 Å². The minimum Gasteiger partial charge on any atom is -0.314 e. The molecule has 1 fully saturated rings. The molecule has 0 aromatic rings. The van der Waals surface area contributed by atoms with E-state index in [1.807, 2.05) is 0 Å². The first-order chi connectivity index (χ1) is 6.68. The van der Waals surface area contributed by atoms with Crippen LogP contribution in [0.1, 0.15) is 39.0 Å². The average molecular weight is 217 g/mol. The van der Waals surface area contributed by atoms with Gasteiger partial charge in [-0.1, -0.05) is 12.8 Å². The monoisotopic (exact) mass is 217 g/mol. The van der Waals surface area contributed by atoms with Gasteiger partial charge in [-0.2, -0.15) is 0 Å². The van der Waals surface area contributed by atoms with Gasteiger partial charge in [-0.25, -0.2) is 0 Å². The standard InChI is InChI=1S/C11H23NOS/c1-10(7-8-14(2)13)12-9-11-5-3-4-6-11/h10-12H,3-9H2,1-2H3. The zero-order chi connectivity index (χ0) is 10.4. The third kappa shape index (κ3) is 5.11. The summed E-state index contributed by atoms with van der Waals surface area (Å²) in [6.07, 6.45) is 8.46. The number of hydrogen-bond donors (Lipinski definition) is 1. The number of hydrogen-bond acceptors (Lipinski definition) is 2. The minimum absolute atomic E-state index is 0.527. The molecule has 3 heteroatoms. The molecule has 0 spiro atoms. The third-order valence-electron chi connectivity index (χ3n) is 3.07. The van der Waals surface area contributed by atoms with Crippen LogP contribution in [-0.4, -0.2) is 28.8 Å². The van der Waals surface area contributed by atoms with Crippen molar-refractivity contribution < 1.29 is 4.21 Å². The second kappa shape index (κ2) is 6.57. The van der Waals surface area contributed by atoms with E-state index in [1.165, 1.54) is 25.7 Å². The Bertz CT molecular complexity index is 178. The van der Waals surface area contributed by atoms with E-state index >= 15 is 0 Å². The Morgan fingerprint density at radius 2 is 2.07 bits per heavy atom. The lowest BCUT2D eigenvalue weighted by atomic mass is 10.1. The highest BCUT2D eigenvalue weighted by Gasteiger charge is 2.15. The first-order valence-corrected chi connectivity index (χ1v) is 7.44. The molecule has 0 aliphatic heterocycles. The van der Waals surface area contributed by atoms with Crippen LogP contribution in [-0.2, 0) is 10.8 Å². The minimum atomic E-state index is -0.632. The van der Waals surface area contributed by atoms with Gasteiger partial charge < -0.3 is 5.32 Å². The largest absolute Gasteiger partial charge is 0.314 e. The Labute approximate surface area is 90.3 Å². The summed E-state index contributed by atoms with van der Waals surface area (Å²) in [4.78, 5) is 0. The van der Waals surface area contributed by atoms with Crippen molar-refractivity contribution in [3.8, 4) is 0 Å². The molecule has 0 heterocycles.